The molecule has 0 radical (unpaired) electrons. The van der Waals surface area contributed by atoms with Gasteiger partial charge in [0.2, 0.25) is 0 Å². The first kappa shape index (κ1) is 21.0. The second-order valence-corrected chi connectivity index (χ2v) is 5.15. The zero-order valence-corrected chi connectivity index (χ0v) is 16.5. The molecule has 7 heteroatoms. The Balaban J connectivity index is 0.00000312. The monoisotopic (exact) mass is 454 g/mol. The number of nitrogens with one attached hydrogen (secondary N) is 2. The average Bonchev–Trinajstić information content (AvgIpc) is 3.14. The molecule has 6 nitrogen and oxygen atoms in total. The van der Waals surface area contributed by atoms with Crippen LogP contribution in [0.2, 0.25) is 0 Å². The summed E-state index contributed by atoms with van der Waals surface area (Å²) < 4.78 is 10.7. The van der Waals surface area contributed by atoms with Gasteiger partial charge in [0.25, 0.3) is 0 Å². The Morgan fingerprint density at radius 2 is 2.16 bits per heavy atom. The predicted molar refractivity (Wildman–Crippen MR) is 108 cm³/mol. The molecule has 0 aliphatic carbocycles. The molecule has 1 heterocycles. The summed E-state index contributed by atoms with van der Waals surface area (Å²) in [5, 5.41) is 15.4. The van der Waals surface area contributed by atoms with Crippen LogP contribution in [0, 0.1) is 11.3 Å². The highest BCUT2D eigenvalue weighted by Crippen LogP contribution is 2.03. The van der Waals surface area contributed by atoms with Crippen LogP contribution in [-0.2, 0) is 17.9 Å². The molecular weight excluding hydrogens is 431 g/mol. The van der Waals surface area contributed by atoms with Crippen molar-refractivity contribution >= 4 is 29.9 Å². The van der Waals surface area contributed by atoms with Gasteiger partial charge in [-0.05, 0) is 36.2 Å². The number of aliphatic imine (C=N–C) groups is 1. The van der Waals surface area contributed by atoms with Crippen molar-refractivity contribution in [1.82, 2.24) is 10.6 Å². The van der Waals surface area contributed by atoms with Crippen LogP contribution in [0.15, 0.2) is 52.1 Å². The van der Waals surface area contributed by atoms with Crippen LogP contribution >= 0.6 is 24.0 Å². The third kappa shape index (κ3) is 8.05. The molecule has 25 heavy (non-hydrogen) atoms. The second kappa shape index (κ2) is 12.3. The van der Waals surface area contributed by atoms with Crippen molar-refractivity contribution in [3.63, 3.8) is 0 Å². The lowest BCUT2D eigenvalue weighted by molar-refractivity contribution is 0.105. The smallest absolute Gasteiger partial charge is 0.191 e. The molecule has 2 N–H and O–H groups in total. The summed E-state index contributed by atoms with van der Waals surface area (Å²) in [4.78, 5) is 4.18. The Labute approximate surface area is 165 Å². The Kier molecular flexibility index (Phi) is 10.4. The molecule has 0 aliphatic rings. The fourth-order valence-corrected chi connectivity index (χ4v) is 2.11. The van der Waals surface area contributed by atoms with E-state index < -0.39 is 0 Å². The normalized spacial score (nSPS) is 10.6. The molecule has 0 aliphatic heterocycles. The first-order chi connectivity index (χ1) is 11.8. The van der Waals surface area contributed by atoms with Gasteiger partial charge in [-0.2, -0.15) is 5.26 Å². The Hall–Kier alpha value is -2.05. The standard InChI is InChI=1S/C18H22N4O2.HI/c1-20-18(22-13-16-6-2-5-15(11-16)12-19)21-8-4-9-23-14-17-7-3-10-24-17;/h2-3,5-7,10-11H,4,8-9,13-14H2,1H3,(H2,20,21,22);1H. The molecule has 2 rings (SSSR count). The van der Waals surface area contributed by atoms with Crippen LogP contribution in [-0.4, -0.2) is 26.2 Å². The maximum atomic E-state index is 8.91. The number of halogens is 1. The number of hydrogen-bond donors (Lipinski definition) is 2. The van der Waals surface area contributed by atoms with E-state index in [-0.39, 0.29) is 24.0 Å². The molecule has 0 saturated heterocycles. The van der Waals surface area contributed by atoms with Crippen LogP contribution in [0.5, 0.6) is 0 Å². The lowest BCUT2D eigenvalue weighted by Crippen LogP contribution is -2.37. The maximum Gasteiger partial charge on any atom is 0.191 e. The molecule has 0 spiro atoms. The third-order valence-electron chi connectivity index (χ3n) is 3.32. The number of guanidine groups is 1. The van der Waals surface area contributed by atoms with Gasteiger partial charge in [0.15, 0.2) is 5.96 Å². The number of nitriles is 1. The maximum absolute atomic E-state index is 8.91. The van der Waals surface area contributed by atoms with E-state index in [0.717, 1.165) is 30.2 Å². The highest BCUT2D eigenvalue weighted by Gasteiger charge is 2.00. The summed E-state index contributed by atoms with van der Waals surface area (Å²) >= 11 is 0. The Bertz CT molecular complexity index is 681. The molecular formula is C18H23IN4O2. The summed E-state index contributed by atoms with van der Waals surface area (Å²) in [6.45, 7) is 2.52. The van der Waals surface area contributed by atoms with E-state index in [1.165, 1.54) is 0 Å². The van der Waals surface area contributed by atoms with Crippen molar-refractivity contribution in [2.75, 3.05) is 20.2 Å². The SMILES string of the molecule is CN=C(NCCCOCc1ccco1)NCc1cccc(C#N)c1.I. The molecule has 0 amide bonds. The Morgan fingerprint density at radius 1 is 1.28 bits per heavy atom. The summed E-state index contributed by atoms with van der Waals surface area (Å²) in [5.74, 6) is 1.56. The quantitative estimate of drug-likeness (QED) is 0.277. The van der Waals surface area contributed by atoms with Crippen molar-refractivity contribution in [2.45, 2.75) is 19.6 Å². The van der Waals surface area contributed by atoms with E-state index >= 15 is 0 Å². The van der Waals surface area contributed by atoms with Crippen LogP contribution in [0.4, 0.5) is 0 Å². The lowest BCUT2D eigenvalue weighted by atomic mass is 10.1. The van der Waals surface area contributed by atoms with E-state index in [4.69, 9.17) is 14.4 Å². The third-order valence-corrected chi connectivity index (χ3v) is 3.32. The van der Waals surface area contributed by atoms with Gasteiger partial charge in [0.05, 0.1) is 17.9 Å². The van der Waals surface area contributed by atoms with Gasteiger partial charge in [-0.15, -0.1) is 24.0 Å². The summed E-state index contributed by atoms with van der Waals surface area (Å²) in [7, 11) is 1.73. The minimum absolute atomic E-state index is 0. The molecule has 1 aromatic heterocycles. The van der Waals surface area contributed by atoms with Crippen molar-refractivity contribution in [3.8, 4) is 6.07 Å². The zero-order chi connectivity index (χ0) is 17.0. The van der Waals surface area contributed by atoms with E-state index in [0.29, 0.717) is 25.3 Å². The van der Waals surface area contributed by atoms with Gasteiger partial charge in [-0.1, -0.05) is 12.1 Å². The van der Waals surface area contributed by atoms with Crippen LogP contribution in [0.3, 0.4) is 0 Å². The molecule has 0 fully saturated rings. The number of benzene rings is 1. The molecule has 0 saturated carbocycles. The molecule has 2 aromatic rings. The number of furan rings is 1. The molecule has 134 valence electrons. The minimum atomic E-state index is 0. The minimum Gasteiger partial charge on any atom is -0.467 e. The van der Waals surface area contributed by atoms with Gasteiger partial charge < -0.3 is 19.8 Å². The molecule has 0 atom stereocenters. The van der Waals surface area contributed by atoms with Gasteiger partial charge in [-0.25, -0.2) is 0 Å². The van der Waals surface area contributed by atoms with Crippen molar-refractivity contribution in [2.24, 2.45) is 4.99 Å². The number of nitrogens with zero attached hydrogens (tertiary/aromatic N) is 2. The van der Waals surface area contributed by atoms with Crippen LogP contribution < -0.4 is 10.6 Å². The fourth-order valence-electron chi connectivity index (χ4n) is 2.11. The second-order valence-electron chi connectivity index (χ2n) is 5.15. The van der Waals surface area contributed by atoms with Crippen LogP contribution in [0.1, 0.15) is 23.3 Å². The average molecular weight is 454 g/mol. The summed E-state index contributed by atoms with van der Waals surface area (Å²) in [5.41, 5.74) is 1.70. The zero-order valence-electron chi connectivity index (χ0n) is 14.2. The number of ether oxygens (including phenoxy) is 1. The summed E-state index contributed by atoms with van der Waals surface area (Å²) in [6.07, 6.45) is 2.51. The highest BCUT2D eigenvalue weighted by atomic mass is 127. The number of hydrogen-bond acceptors (Lipinski definition) is 4. The fraction of sp³-hybridized carbons (Fsp3) is 0.333. The van der Waals surface area contributed by atoms with E-state index in [1.54, 1.807) is 19.4 Å². The summed E-state index contributed by atoms with van der Waals surface area (Å²) in [6, 6.07) is 13.4. The van der Waals surface area contributed by atoms with Gasteiger partial charge >= 0.3 is 0 Å². The molecule has 0 unspecified atom stereocenters. The largest absolute Gasteiger partial charge is 0.467 e. The topological polar surface area (TPSA) is 82.6 Å². The van der Waals surface area contributed by atoms with E-state index in [1.807, 2.05) is 30.3 Å². The van der Waals surface area contributed by atoms with Crippen LogP contribution in [0.25, 0.3) is 0 Å². The van der Waals surface area contributed by atoms with Gasteiger partial charge in [0, 0.05) is 26.7 Å². The first-order valence-electron chi connectivity index (χ1n) is 7.85. The molecule has 1 aromatic carbocycles. The lowest BCUT2D eigenvalue weighted by Gasteiger charge is -2.12. The van der Waals surface area contributed by atoms with Crippen molar-refractivity contribution in [3.05, 3.63) is 59.5 Å². The first-order valence-corrected chi connectivity index (χ1v) is 7.85. The van der Waals surface area contributed by atoms with Gasteiger partial charge in [-0.3, -0.25) is 4.99 Å². The van der Waals surface area contributed by atoms with Crippen molar-refractivity contribution in [1.29, 1.82) is 5.26 Å². The Morgan fingerprint density at radius 3 is 2.88 bits per heavy atom. The predicted octanol–water partition coefficient (Wildman–Crippen LogP) is 3.04. The molecule has 0 bridgehead atoms. The number of rotatable bonds is 8. The van der Waals surface area contributed by atoms with E-state index in [2.05, 4.69) is 21.7 Å². The highest BCUT2D eigenvalue weighted by molar-refractivity contribution is 14.0. The van der Waals surface area contributed by atoms with E-state index in [9.17, 15) is 0 Å². The van der Waals surface area contributed by atoms with Gasteiger partial charge in [0.1, 0.15) is 12.4 Å². The van der Waals surface area contributed by atoms with Crippen molar-refractivity contribution < 1.29 is 9.15 Å².